The Kier molecular flexibility index (Phi) is 12.8. The van der Waals surface area contributed by atoms with E-state index >= 15 is 0 Å². The Morgan fingerprint density at radius 1 is 0.933 bits per heavy atom. The second-order valence-corrected chi connectivity index (χ2v) is 11.4. The Morgan fingerprint density at radius 2 is 1.64 bits per heavy atom. The lowest BCUT2D eigenvalue weighted by molar-refractivity contribution is -0.139. The van der Waals surface area contributed by atoms with Crippen LogP contribution in [0.4, 0.5) is 4.79 Å². The number of carbonyl (C=O) groups is 4. The number of aromatic nitrogens is 4. The summed E-state index contributed by atoms with van der Waals surface area (Å²) in [4.78, 5) is 50.9. The monoisotopic (exact) mass is 623 g/mol. The molecule has 45 heavy (non-hydrogen) atoms. The standard InChI is InChI=1S/C31H41N7O7/c1-5-6-10-15-32-28(41)23(18-21-13-14-25(44-19-26(39)40)22(16-21)27-35-37-38-36-27)33-29(42)24(17-20-11-8-7-9-12-20)34-30(43)45-31(2,3)4/h7-9,11-14,16,23-24H,5-6,10,15,17-19H2,1-4H3,(H,32,41)(H,33,42)(H,34,43)(H,39,40)(H,35,36,37,38)/t23-,24?/m0/s1. The van der Waals surface area contributed by atoms with Crippen molar-refractivity contribution in [2.45, 2.75) is 77.5 Å². The molecule has 0 aliphatic carbocycles. The van der Waals surface area contributed by atoms with E-state index in [1.165, 1.54) is 0 Å². The first-order valence-electron chi connectivity index (χ1n) is 14.8. The van der Waals surface area contributed by atoms with Crippen molar-refractivity contribution in [3.8, 4) is 17.1 Å². The Labute approximate surface area is 261 Å². The molecule has 3 rings (SSSR count). The molecular formula is C31H41N7O7. The number of hydrogen-bond acceptors (Lipinski definition) is 9. The van der Waals surface area contributed by atoms with Crippen molar-refractivity contribution in [3.63, 3.8) is 0 Å². The zero-order valence-electron chi connectivity index (χ0n) is 26.0. The summed E-state index contributed by atoms with van der Waals surface area (Å²) in [6, 6.07) is 12.0. The molecule has 14 nitrogen and oxygen atoms in total. The van der Waals surface area contributed by atoms with Crippen LogP contribution in [0.2, 0.25) is 0 Å². The minimum absolute atomic E-state index is 0.0555. The Hall–Kier alpha value is -5.01. The highest BCUT2D eigenvalue weighted by Gasteiger charge is 2.29. The molecular weight excluding hydrogens is 582 g/mol. The minimum atomic E-state index is -1.16. The number of tetrazole rings is 1. The third kappa shape index (κ3) is 11.9. The van der Waals surface area contributed by atoms with E-state index in [4.69, 9.17) is 14.6 Å². The van der Waals surface area contributed by atoms with Gasteiger partial charge in [-0.1, -0.05) is 56.2 Å². The number of amides is 3. The van der Waals surface area contributed by atoms with Gasteiger partial charge in [-0.3, -0.25) is 9.59 Å². The predicted molar refractivity (Wildman–Crippen MR) is 164 cm³/mol. The van der Waals surface area contributed by atoms with Gasteiger partial charge in [0.25, 0.3) is 0 Å². The van der Waals surface area contributed by atoms with Crippen LogP contribution >= 0.6 is 0 Å². The number of aromatic amines is 1. The molecule has 0 saturated carbocycles. The van der Waals surface area contributed by atoms with Crippen molar-refractivity contribution in [2.75, 3.05) is 13.2 Å². The maximum absolute atomic E-state index is 13.7. The molecule has 0 spiro atoms. The van der Waals surface area contributed by atoms with Crippen LogP contribution in [-0.2, 0) is 32.0 Å². The van der Waals surface area contributed by atoms with Gasteiger partial charge in [0.15, 0.2) is 6.61 Å². The number of ether oxygens (including phenoxy) is 2. The number of carbonyl (C=O) groups excluding carboxylic acids is 3. The molecule has 3 amide bonds. The van der Waals surface area contributed by atoms with Gasteiger partial charge in [0, 0.05) is 19.4 Å². The fourth-order valence-corrected chi connectivity index (χ4v) is 4.36. The number of alkyl carbamates (subject to hydrolysis) is 1. The van der Waals surface area contributed by atoms with E-state index in [1.807, 2.05) is 30.3 Å². The number of nitrogens with zero attached hydrogens (tertiary/aromatic N) is 3. The van der Waals surface area contributed by atoms with E-state index in [1.54, 1.807) is 39.0 Å². The van der Waals surface area contributed by atoms with E-state index in [-0.39, 0.29) is 24.4 Å². The summed E-state index contributed by atoms with van der Waals surface area (Å²) in [7, 11) is 0. The van der Waals surface area contributed by atoms with Crippen molar-refractivity contribution < 1.29 is 33.8 Å². The highest BCUT2D eigenvalue weighted by atomic mass is 16.6. The van der Waals surface area contributed by atoms with Crippen LogP contribution in [0.25, 0.3) is 11.4 Å². The number of hydrogen-bond donors (Lipinski definition) is 5. The van der Waals surface area contributed by atoms with E-state index in [2.05, 4.69) is 43.5 Å². The summed E-state index contributed by atoms with van der Waals surface area (Å²) < 4.78 is 10.8. The summed E-state index contributed by atoms with van der Waals surface area (Å²) in [6.45, 7) is 7.06. The largest absolute Gasteiger partial charge is 0.481 e. The highest BCUT2D eigenvalue weighted by molar-refractivity contribution is 5.91. The van der Waals surface area contributed by atoms with Gasteiger partial charge in [-0.2, -0.15) is 5.21 Å². The van der Waals surface area contributed by atoms with Crippen molar-refractivity contribution in [3.05, 3.63) is 59.7 Å². The summed E-state index contributed by atoms with van der Waals surface area (Å²) >= 11 is 0. The Bertz CT molecular complexity index is 1410. The van der Waals surface area contributed by atoms with Gasteiger partial charge in [0.1, 0.15) is 23.4 Å². The van der Waals surface area contributed by atoms with Gasteiger partial charge >= 0.3 is 12.1 Å². The molecule has 2 aromatic carbocycles. The van der Waals surface area contributed by atoms with Crippen LogP contribution < -0.4 is 20.7 Å². The molecule has 14 heteroatoms. The number of aliphatic carboxylic acids is 1. The van der Waals surface area contributed by atoms with Crippen LogP contribution in [-0.4, -0.2) is 80.4 Å². The molecule has 5 N–H and O–H groups in total. The van der Waals surface area contributed by atoms with E-state index in [0.29, 0.717) is 17.7 Å². The average Bonchev–Trinajstić information content (AvgIpc) is 3.52. The van der Waals surface area contributed by atoms with Gasteiger partial charge in [0.2, 0.25) is 17.6 Å². The molecule has 3 aromatic rings. The highest BCUT2D eigenvalue weighted by Crippen LogP contribution is 2.29. The molecule has 0 aliphatic rings. The summed E-state index contributed by atoms with van der Waals surface area (Å²) in [5.41, 5.74) is 0.974. The molecule has 0 fully saturated rings. The molecule has 242 valence electrons. The summed E-state index contributed by atoms with van der Waals surface area (Å²) in [6.07, 6.45) is 2.14. The number of carboxylic acids is 1. The number of unbranched alkanes of at least 4 members (excludes halogenated alkanes) is 2. The fraction of sp³-hybridized carbons (Fsp3) is 0.452. The normalized spacial score (nSPS) is 12.4. The number of nitrogens with one attached hydrogen (secondary N) is 4. The Morgan fingerprint density at radius 3 is 2.29 bits per heavy atom. The Balaban J connectivity index is 1.89. The fourth-order valence-electron chi connectivity index (χ4n) is 4.36. The van der Waals surface area contributed by atoms with E-state index in [9.17, 15) is 19.2 Å². The van der Waals surface area contributed by atoms with E-state index in [0.717, 1.165) is 24.8 Å². The van der Waals surface area contributed by atoms with Crippen molar-refractivity contribution in [1.82, 2.24) is 36.6 Å². The number of carboxylic acid groups (broad SMARTS) is 1. The van der Waals surface area contributed by atoms with Gasteiger partial charge in [0.05, 0.1) is 5.56 Å². The topological polar surface area (TPSA) is 198 Å². The second-order valence-electron chi connectivity index (χ2n) is 11.4. The third-order valence-corrected chi connectivity index (χ3v) is 6.42. The summed E-state index contributed by atoms with van der Waals surface area (Å²) in [5.74, 6) is -1.77. The predicted octanol–water partition coefficient (Wildman–Crippen LogP) is 2.80. The average molecular weight is 624 g/mol. The lowest BCUT2D eigenvalue weighted by Gasteiger charge is -2.25. The van der Waals surface area contributed by atoms with Crippen molar-refractivity contribution in [2.24, 2.45) is 0 Å². The number of benzene rings is 2. The molecule has 1 heterocycles. The number of rotatable bonds is 16. The van der Waals surface area contributed by atoms with Crippen molar-refractivity contribution in [1.29, 1.82) is 0 Å². The first-order chi connectivity index (χ1) is 21.4. The summed E-state index contributed by atoms with van der Waals surface area (Å²) in [5, 5.41) is 31.3. The molecule has 0 radical (unpaired) electrons. The van der Waals surface area contributed by atoms with Crippen LogP contribution in [0, 0.1) is 0 Å². The second kappa shape index (κ2) is 16.7. The van der Waals surface area contributed by atoms with Gasteiger partial charge in [-0.15, -0.1) is 10.2 Å². The first kappa shape index (κ1) is 34.5. The van der Waals surface area contributed by atoms with E-state index < -0.39 is 48.2 Å². The van der Waals surface area contributed by atoms with Crippen molar-refractivity contribution >= 4 is 23.9 Å². The SMILES string of the molecule is CCCCCNC(=O)[C@H](Cc1ccc(OCC(=O)O)c(-c2nn[nH]n2)c1)NC(=O)C(Cc1ccccc1)NC(=O)OC(C)(C)C. The zero-order valence-corrected chi connectivity index (χ0v) is 26.0. The lowest BCUT2D eigenvalue weighted by Crippen LogP contribution is -2.55. The maximum Gasteiger partial charge on any atom is 0.408 e. The van der Waals surface area contributed by atoms with Crippen LogP contribution in [0.1, 0.15) is 58.1 Å². The number of H-pyrrole nitrogens is 1. The zero-order chi connectivity index (χ0) is 32.8. The molecule has 0 saturated heterocycles. The minimum Gasteiger partial charge on any atom is -0.481 e. The molecule has 0 aliphatic heterocycles. The molecule has 1 unspecified atom stereocenters. The van der Waals surface area contributed by atoms with Gasteiger partial charge in [-0.25, -0.2) is 9.59 Å². The smallest absolute Gasteiger partial charge is 0.408 e. The van der Waals surface area contributed by atoms with Gasteiger partial charge < -0.3 is 30.5 Å². The molecule has 2 atom stereocenters. The van der Waals surface area contributed by atoms with Crippen LogP contribution in [0.3, 0.4) is 0 Å². The third-order valence-electron chi connectivity index (χ3n) is 6.42. The first-order valence-corrected chi connectivity index (χ1v) is 14.8. The molecule has 1 aromatic heterocycles. The lowest BCUT2D eigenvalue weighted by atomic mass is 10.0. The molecule has 0 bridgehead atoms. The van der Waals surface area contributed by atoms with Crippen LogP contribution in [0.15, 0.2) is 48.5 Å². The quantitative estimate of drug-likeness (QED) is 0.148. The van der Waals surface area contributed by atoms with Gasteiger partial charge in [-0.05, 0) is 55.7 Å². The van der Waals surface area contributed by atoms with Crippen LogP contribution in [0.5, 0.6) is 5.75 Å². The maximum atomic E-state index is 13.7.